The molecule has 0 aromatic carbocycles. The molecule has 4 aliphatic carbocycles. The van der Waals surface area contributed by atoms with Crippen LogP contribution in [0.15, 0.2) is 12.2 Å². The number of fused-ring (bicyclic) bond motifs is 9. The standard InChI is InChI=1S/C17H21NO5/c1-22-16(20)18(17(21)23-2)15(19)12-7-10-6-11(12)14-9-4-3-8(5-9)13(10)14/h3-4,8-14H,5-7H2,1-2H3. The molecule has 0 N–H and O–H groups in total. The summed E-state index contributed by atoms with van der Waals surface area (Å²) in [5, 5.41) is 0. The first-order chi connectivity index (χ1) is 11.1. The van der Waals surface area contributed by atoms with E-state index in [0.29, 0.717) is 34.5 Å². The van der Waals surface area contributed by atoms with Gasteiger partial charge in [-0.2, -0.15) is 0 Å². The smallest absolute Gasteiger partial charge is 0.426 e. The summed E-state index contributed by atoms with van der Waals surface area (Å²) < 4.78 is 9.17. The quantitative estimate of drug-likeness (QED) is 0.548. The van der Waals surface area contributed by atoms with Crippen molar-refractivity contribution in [1.82, 2.24) is 4.90 Å². The fourth-order valence-corrected chi connectivity index (χ4v) is 5.90. The van der Waals surface area contributed by atoms with Crippen LogP contribution in [0, 0.1) is 41.4 Å². The Hall–Kier alpha value is -1.85. The molecule has 6 heteroatoms. The summed E-state index contributed by atoms with van der Waals surface area (Å²) in [7, 11) is 2.31. The van der Waals surface area contributed by atoms with Crippen molar-refractivity contribution in [3.05, 3.63) is 12.2 Å². The molecular weight excluding hydrogens is 298 g/mol. The Morgan fingerprint density at radius 1 is 0.913 bits per heavy atom. The molecule has 0 spiro atoms. The third kappa shape index (κ3) is 1.90. The van der Waals surface area contributed by atoms with Gasteiger partial charge in [-0.05, 0) is 54.8 Å². The highest BCUT2D eigenvalue weighted by atomic mass is 16.6. The van der Waals surface area contributed by atoms with E-state index in [2.05, 4.69) is 21.6 Å². The van der Waals surface area contributed by atoms with Crippen LogP contribution in [0.5, 0.6) is 0 Å². The summed E-state index contributed by atoms with van der Waals surface area (Å²) in [5.74, 6) is 2.56. The SMILES string of the molecule is COC(=O)N(C(=O)OC)C(=O)C1CC2CC1C1C3C=CC(C3)C21. The van der Waals surface area contributed by atoms with Gasteiger partial charge in [0.1, 0.15) is 0 Å². The van der Waals surface area contributed by atoms with Gasteiger partial charge in [0, 0.05) is 5.92 Å². The Kier molecular flexibility index (Phi) is 3.25. The van der Waals surface area contributed by atoms with E-state index in [9.17, 15) is 14.4 Å². The molecule has 0 aliphatic heterocycles. The van der Waals surface area contributed by atoms with Crippen LogP contribution in [-0.4, -0.2) is 37.2 Å². The van der Waals surface area contributed by atoms with Crippen LogP contribution in [0.3, 0.4) is 0 Å². The summed E-state index contributed by atoms with van der Waals surface area (Å²) in [5.41, 5.74) is 0. The number of ether oxygens (including phenoxy) is 2. The summed E-state index contributed by atoms with van der Waals surface area (Å²) in [6, 6.07) is 0. The zero-order valence-electron chi connectivity index (χ0n) is 13.3. The lowest BCUT2D eigenvalue weighted by Crippen LogP contribution is -2.47. The summed E-state index contributed by atoms with van der Waals surface area (Å²) in [4.78, 5) is 37.1. The third-order valence-electron chi connectivity index (χ3n) is 6.52. The van der Waals surface area contributed by atoms with Crippen molar-refractivity contribution < 1.29 is 23.9 Å². The minimum atomic E-state index is -0.964. The molecule has 3 fully saturated rings. The van der Waals surface area contributed by atoms with Crippen LogP contribution in [-0.2, 0) is 14.3 Å². The van der Waals surface area contributed by atoms with E-state index in [1.807, 2.05) is 0 Å². The number of hydrogen-bond donors (Lipinski definition) is 0. The Labute approximate surface area is 134 Å². The fourth-order valence-electron chi connectivity index (χ4n) is 5.90. The number of nitrogens with zero attached hydrogens (tertiary/aromatic N) is 1. The number of methoxy groups -OCH3 is 2. The number of amides is 3. The lowest BCUT2D eigenvalue weighted by atomic mass is 9.69. The van der Waals surface area contributed by atoms with E-state index in [1.54, 1.807) is 0 Å². The van der Waals surface area contributed by atoms with Crippen molar-refractivity contribution in [2.75, 3.05) is 14.2 Å². The fraction of sp³-hybridized carbons (Fsp3) is 0.706. The molecule has 7 atom stereocenters. The number of carbonyl (C=O) groups is 3. The van der Waals surface area contributed by atoms with Crippen LogP contribution in [0.4, 0.5) is 9.59 Å². The second kappa shape index (κ2) is 5.08. The van der Waals surface area contributed by atoms with E-state index in [-0.39, 0.29) is 11.8 Å². The zero-order valence-corrected chi connectivity index (χ0v) is 13.3. The molecule has 0 aromatic heterocycles. The van der Waals surface area contributed by atoms with E-state index < -0.39 is 18.1 Å². The Morgan fingerprint density at radius 2 is 1.52 bits per heavy atom. The number of rotatable bonds is 1. The summed E-state index contributed by atoms with van der Waals surface area (Å²) in [6.07, 6.45) is 5.73. The van der Waals surface area contributed by atoms with Gasteiger partial charge >= 0.3 is 12.2 Å². The first-order valence-corrected chi connectivity index (χ1v) is 8.25. The third-order valence-corrected chi connectivity index (χ3v) is 6.52. The Morgan fingerprint density at radius 3 is 2.13 bits per heavy atom. The summed E-state index contributed by atoms with van der Waals surface area (Å²) in [6.45, 7) is 0. The van der Waals surface area contributed by atoms with Crippen molar-refractivity contribution in [3.8, 4) is 0 Å². The molecule has 0 radical (unpaired) electrons. The maximum Gasteiger partial charge on any atom is 0.426 e. The van der Waals surface area contributed by atoms with Gasteiger partial charge in [0.05, 0.1) is 14.2 Å². The molecule has 23 heavy (non-hydrogen) atoms. The Balaban J connectivity index is 1.57. The normalized spacial score (nSPS) is 41.7. The van der Waals surface area contributed by atoms with Gasteiger partial charge < -0.3 is 9.47 Å². The second-order valence-corrected chi connectivity index (χ2v) is 7.22. The lowest BCUT2D eigenvalue weighted by Gasteiger charge is -2.36. The lowest BCUT2D eigenvalue weighted by molar-refractivity contribution is -0.134. The van der Waals surface area contributed by atoms with Crippen molar-refractivity contribution in [3.63, 3.8) is 0 Å². The van der Waals surface area contributed by atoms with Gasteiger partial charge in [-0.25, -0.2) is 9.59 Å². The van der Waals surface area contributed by atoms with Gasteiger partial charge in [0.25, 0.3) is 0 Å². The molecular formula is C17H21NO5. The molecule has 0 saturated heterocycles. The van der Waals surface area contributed by atoms with Gasteiger partial charge in [0.2, 0.25) is 5.91 Å². The van der Waals surface area contributed by atoms with Gasteiger partial charge in [-0.3, -0.25) is 4.79 Å². The molecule has 3 saturated carbocycles. The molecule has 0 aromatic rings. The highest BCUT2D eigenvalue weighted by Crippen LogP contribution is 2.67. The molecule has 6 nitrogen and oxygen atoms in total. The average molecular weight is 319 g/mol. The average Bonchev–Trinajstić information content (AvgIpc) is 3.31. The largest absolute Gasteiger partial charge is 0.452 e. The van der Waals surface area contributed by atoms with E-state index in [0.717, 1.165) is 27.1 Å². The minimum Gasteiger partial charge on any atom is -0.452 e. The number of hydrogen-bond acceptors (Lipinski definition) is 5. The first kappa shape index (κ1) is 14.7. The maximum atomic E-state index is 12.8. The zero-order chi connectivity index (χ0) is 16.3. The molecule has 3 amide bonds. The molecule has 0 heterocycles. The highest BCUT2D eigenvalue weighted by Gasteiger charge is 2.63. The maximum absolute atomic E-state index is 12.8. The van der Waals surface area contributed by atoms with Crippen LogP contribution in [0.2, 0.25) is 0 Å². The van der Waals surface area contributed by atoms with Crippen LogP contribution >= 0.6 is 0 Å². The van der Waals surface area contributed by atoms with E-state index in [4.69, 9.17) is 0 Å². The number of imide groups is 3. The van der Waals surface area contributed by atoms with Crippen molar-refractivity contribution in [1.29, 1.82) is 0 Å². The van der Waals surface area contributed by atoms with Crippen molar-refractivity contribution >= 4 is 18.1 Å². The summed E-state index contributed by atoms with van der Waals surface area (Å²) >= 11 is 0. The first-order valence-electron chi connectivity index (χ1n) is 8.25. The number of allylic oxidation sites excluding steroid dienone is 2. The molecule has 7 unspecified atom stereocenters. The molecule has 4 rings (SSSR count). The molecule has 124 valence electrons. The number of carbonyl (C=O) groups excluding carboxylic acids is 3. The monoisotopic (exact) mass is 319 g/mol. The second-order valence-electron chi connectivity index (χ2n) is 7.22. The van der Waals surface area contributed by atoms with Crippen LogP contribution < -0.4 is 0 Å². The van der Waals surface area contributed by atoms with Gasteiger partial charge in [0.15, 0.2) is 0 Å². The highest BCUT2D eigenvalue weighted by molar-refractivity contribution is 6.07. The molecule has 4 bridgehead atoms. The van der Waals surface area contributed by atoms with Gasteiger partial charge in [-0.1, -0.05) is 12.2 Å². The van der Waals surface area contributed by atoms with Crippen molar-refractivity contribution in [2.24, 2.45) is 41.4 Å². The van der Waals surface area contributed by atoms with Crippen LogP contribution in [0.25, 0.3) is 0 Å². The minimum absolute atomic E-state index is 0.271. The predicted octanol–water partition coefficient (Wildman–Crippen LogP) is 2.44. The predicted molar refractivity (Wildman–Crippen MR) is 79.1 cm³/mol. The van der Waals surface area contributed by atoms with E-state index in [1.165, 1.54) is 6.42 Å². The van der Waals surface area contributed by atoms with Gasteiger partial charge in [-0.15, -0.1) is 4.90 Å². The topological polar surface area (TPSA) is 72.9 Å². The van der Waals surface area contributed by atoms with Crippen LogP contribution in [0.1, 0.15) is 19.3 Å². The van der Waals surface area contributed by atoms with Crippen molar-refractivity contribution in [2.45, 2.75) is 19.3 Å². The Bertz CT molecular complexity index is 584. The van der Waals surface area contributed by atoms with E-state index >= 15 is 0 Å². The molecule has 4 aliphatic rings.